The highest BCUT2D eigenvalue weighted by Crippen LogP contribution is 2.13. The minimum Gasteiger partial charge on any atom is -0.376 e. The first-order valence-electron chi connectivity index (χ1n) is 6.85. The Morgan fingerprint density at radius 1 is 1.38 bits per heavy atom. The Morgan fingerprint density at radius 2 is 2.19 bits per heavy atom. The molecule has 1 N–H and O–H groups in total. The Kier molecular flexibility index (Phi) is 5.46. The molecule has 0 aromatic heterocycles. The molecule has 7 heteroatoms. The second kappa shape index (κ2) is 7.13. The van der Waals surface area contributed by atoms with Crippen molar-refractivity contribution in [3.05, 3.63) is 29.8 Å². The third kappa shape index (κ3) is 4.34. The van der Waals surface area contributed by atoms with Gasteiger partial charge in [-0.1, -0.05) is 19.1 Å². The molecule has 1 atom stereocenters. The highest BCUT2D eigenvalue weighted by molar-refractivity contribution is 7.89. The van der Waals surface area contributed by atoms with Crippen LogP contribution in [0.15, 0.2) is 29.2 Å². The van der Waals surface area contributed by atoms with E-state index in [1.807, 2.05) is 0 Å². The van der Waals surface area contributed by atoms with Crippen LogP contribution in [-0.4, -0.2) is 46.7 Å². The van der Waals surface area contributed by atoms with Crippen LogP contribution in [0.4, 0.5) is 0 Å². The molecular weight excluding hydrogens is 294 g/mol. The number of hydrogen-bond acceptors (Lipinski definition) is 5. The van der Waals surface area contributed by atoms with E-state index in [1.54, 1.807) is 19.1 Å². The van der Waals surface area contributed by atoms with E-state index in [2.05, 4.69) is 4.72 Å². The zero-order chi connectivity index (χ0) is 15.3. The number of nitrogens with one attached hydrogen (secondary N) is 1. The Bertz CT molecular complexity index is 593. The standard InChI is InChI=1S/C14H19NO5S/c1-2-14(16)11-4-3-5-13(8-11)21(17,18)15-9-12-10-19-6-7-20-12/h3-5,8,12,15H,2,6-7,9-10H2,1H3. The van der Waals surface area contributed by atoms with Gasteiger partial charge in [-0.05, 0) is 12.1 Å². The van der Waals surface area contributed by atoms with Crippen LogP contribution < -0.4 is 4.72 Å². The van der Waals surface area contributed by atoms with Crippen molar-refractivity contribution in [2.45, 2.75) is 24.3 Å². The van der Waals surface area contributed by atoms with Gasteiger partial charge in [-0.25, -0.2) is 13.1 Å². The van der Waals surface area contributed by atoms with Gasteiger partial charge in [0.25, 0.3) is 0 Å². The van der Waals surface area contributed by atoms with E-state index in [0.717, 1.165) is 0 Å². The average molecular weight is 313 g/mol. The fourth-order valence-electron chi connectivity index (χ4n) is 1.98. The minimum atomic E-state index is -3.66. The van der Waals surface area contributed by atoms with Crippen molar-refractivity contribution >= 4 is 15.8 Å². The lowest BCUT2D eigenvalue weighted by molar-refractivity contribution is -0.0846. The van der Waals surface area contributed by atoms with Crippen molar-refractivity contribution in [1.29, 1.82) is 0 Å². The van der Waals surface area contributed by atoms with Gasteiger partial charge in [0, 0.05) is 18.5 Å². The van der Waals surface area contributed by atoms with Crippen LogP contribution in [0.2, 0.25) is 0 Å². The summed E-state index contributed by atoms with van der Waals surface area (Å²) in [7, 11) is -3.66. The Balaban J connectivity index is 2.06. The number of rotatable bonds is 6. The first kappa shape index (κ1) is 16.1. The zero-order valence-corrected chi connectivity index (χ0v) is 12.7. The summed E-state index contributed by atoms with van der Waals surface area (Å²) in [6.45, 7) is 3.25. The summed E-state index contributed by atoms with van der Waals surface area (Å²) in [5.74, 6) is -0.0870. The maximum Gasteiger partial charge on any atom is 0.240 e. The predicted molar refractivity (Wildman–Crippen MR) is 76.8 cm³/mol. The molecule has 1 aromatic rings. The summed E-state index contributed by atoms with van der Waals surface area (Å²) >= 11 is 0. The fraction of sp³-hybridized carbons (Fsp3) is 0.500. The summed E-state index contributed by atoms with van der Waals surface area (Å²) in [6, 6.07) is 6.04. The lowest BCUT2D eigenvalue weighted by Gasteiger charge is -2.23. The van der Waals surface area contributed by atoms with Crippen LogP contribution in [0, 0.1) is 0 Å². The number of ketones is 1. The molecule has 21 heavy (non-hydrogen) atoms. The number of sulfonamides is 1. The predicted octanol–water partition coefficient (Wildman–Crippen LogP) is 0.973. The zero-order valence-electron chi connectivity index (χ0n) is 11.9. The van der Waals surface area contributed by atoms with Gasteiger partial charge in [0.1, 0.15) is 0 Å². The Morgan fingerprint density at radius 3 is 2.86 bits per heavy atom. The van der Waals surface area contributed by atoms with Crippen molar-refractivity contribution in [3.8, 4) is 0 Å². The highest BCUT2D eigenvalue weighted by Gasteiger charge is 2.20. The maximum absolute atomic E-state index is 12.2. The molecule has 0 saturated carbocycles. The van der Waals surface area contributed by atoms with Crippen molar-refractivity contribution in [1.82, 2.24) is 4.72 Å². The molecule has 0 spiro atoms. The van der Waals surface area contributed by atoms with Gasteiger partial charge in [0.15, 0.2) is 5.78 Å². The maximum atomic E-state index is 12.2. The molecule has 116 valence electrons. The third-order valence-electron chi connectivity index (χ3n) is 3.17. The fourth-order valence-corrected chi connectivity index (χ4v) is 3.09. The topological polar surface area (TPSA) is 81.7 Å². The Labute approximate surface area is 124 Å². The average Bonchev–Trinajstić information content (AvgIpc) is 2.53. The van der Waals surface area contributed by atoms with Crippen LogP contribution in [0.25, 0.3) is 0 Å². The number of carbonyl (C=O) groups excluding carboxylic acids is 1. The van der Waals surface area contributed by atoms with E-state index < -0.39 is 10.0 Å². The SMILES string of the molecule is CCC(=O)c1cccc(S(=O)(=O)NCC2COCCO2)c1. The van der Waals surface area contributed by atoms with E-state index in [9.17, 15) is 13.2 Å². The lowest BCUT2D eigenvalue weighted by Crippen LogP contribution is -2.39. The van der Waals surface area contributed by atoms with Crippen molar-refractivity contribution in [3.63, 3.8) is 0 Å². The molecule has 1 heterocycles. The second-order valence-corrected chi connectivity index (χ2v) is 6.49. The number of hydrogen-bond donors (Lipinski definition) is 1. The normalized spacial score (nSPS) is 19.4. The quantitative estimate of drug-likeness (QED) is 0.792. The molecule has 1 unspecified atom stereocenters. The number of ether oxygens (including phenoxy) is 2. The molecule has 0 amide bonds. The van der Waals surface area contributed by atoms with E-state index in [-0.39, 0.29) is 23.3 Å². The van der Waals surface area contributed by atoms with Gasteiger partial charge < -0.3 is 9.47 Å². The smallest absolute Gasteiger partial charge is 0.240 e. The van der Waals surface area contributed by atoms with E-state index in [0.29, 0.717) is 31.8 Å². The van der Waals surface area contributed by atoms with Gasteiger partial charge in [-0.3, -0.25) is 4.79 Å². The summed E-state index contributed by atoms with van der Waals surface area (Å²) in [5.41, 5.74) is 0.401. The lowest BCUT2D eigenvalue weighted by atomic mass is 10.1. The van der Waals surface area contributed by atoms with Crippen LogP contribution in [-0.2, 0) is 19.5 Å². The van der Waals surface area contributed by atoms with Gasteiger partial charge in [-0.15, -0.1) is 0 Å². The van der Waals surface area contributed by atoms with E-state index >= 15 is 0 Å². The molecule has 0 bridgehead atoms. The minimum absolute atomic E-state index is 0.0820. The van der Waals surface area contributed by atoms with E-state index in [1.165, 1.54) is 12.1 Å². The summed E-state index contributed by atoms with van der Waals surface area (Å²) < 4.78 is 37.5. The number of Topliss-reactive ketones (excluding diaryl/α,β-unsaturated/α-hetero) is 1. The second-order valence-electron chi connectivity index (χ2n) is 4.72. The largest absolute Gasteiger partial charge is 0.376 e. The van der Waals surface area contributed by atoms with Gasteiger partial charge in [-0.2, -0.15) is 0 Å². The van der Waals surface area contributed by atoms with Gasteiger partial charge in [0.2, 0.25) is 10.0 Å². The summed E-state index contributed by atoms with van der Waals surface area (Å²) in [4.78, 5) is 11.7. The van der Waals surface area contributed by atoms with Crippen molar-refractivity contribution < 1.29 is 22.7 Å². The van der Waals surface area contributed by atoms with Crippen LogP contribution in [0.1, 0.15) is 23.7 Å². The molecule has 1 aliphatic rings. The molecule has 1 saturated heterocycles. The molecule has 0 aliphatic carbocycles. The summed E-state index contributed by atoms with van der Waals surface area (Å²) in [6.07, 6.45) is 0.0541. The Hall–Kier alpha value is -1.28. The summed E-state index contributed by atoms with van der Waals surface area (Å²) in [5, 5.41) is 0. The first-order chi connectivity index (χ1) is 10.0. The highest BCUT2D eigenvalue weighted by atomic mass is 32.2. The van der Waals surface area contributed by atoms with Crippen molar-refractivity contribution in [2.24, 2.45) is 0 Å². The van der Waals surface area contributed by atoms with Gasteiger partial charge >= 0.3 is 0 Å². The van der Waals surface area contributed by atoms with Crippen molar-refractivity contribution in [2.75, 3.05) is 26.4 Å². The molecule has 1 fully saturated rings. The third-order valence-corrected chi connectivity index (χ3v) is 4.59. The molecule has 1 aromatic carbocycles. The van der Waals surface area contributed by atoms with Crippen LogP contribution >= 0.6 is 0 Å². The number of carbonyl (C=O) groups is 1. The molecule has 6 nitrogen and oxygen atoms in total. The van der Waals surface area contributed by atoms with E-state index in [4.69, 9.17) is 9.47 Å². The van der Waals surface area contributed by atoms with Crippen LogP contribution in [0.5, 0.6) is 0 Å². The number of benzene rings is 1. The molecule has 1 aliphatic heterocycles. The first-order valence-corrected chi connectivity index (χ1v) is 8.33. The van der Waals surface area contributed by atoms with Crippen LogP contribution in [0.3, 0.4) is 0 Å². The monoisotopic (exact) mass is 313 g/mol. The molecular formula is C14H19NO5S. The van der Waals surface area contributed by atoms with Gasteiger partial charge in [0.05, 0.1) is 30.8 Å². The molecule has 0 radical (unpaired) electrons. The molecule has 2 rings (SSSR count).